The van der Waals surface area contributed by atoms with Crippen molar-refractivity contribution in [3.05, 3.63) is 84.7 Å². The molecule has 3 rings (SSSR count). The van der Waals surface area contributed by atoms with Gasteiger partial charge in [-0.3, -0.25) is 4.79 Å². The van der Waals surface area contributed by atoms with Gasteiger partial charge in [0, 0.05) is 23.9 Å². The van der Waals surface area contributed by atoms with Crippen LogP contribution in [0.3, 0.4) is 0 Å². The van der Waals surface area contributed by atoms with Crippen molar-refractivity contribution in [2.75, 3.05) is 30.3 Å². The molecule has 0 aliphatic rings. The van der Waals surface area contributed by atoms with Gasteiger partial charge in [-0.1, -0.05) is 42.1 Å². The molecule has 1 amide bonds. The Morgan fingerprint density at radius 3 is 2.19 bits per heavy atom. The van der Waals surface area contributed by atoms with Crippen molar-refractivity contribution < 1.29 is 17.6 Å². The third-order valence-corrected chi connectivity index (χ3v) is 7.18. The number of amides is 1. The van der Waals surface area contributed by atoms with E-state index in [4.69, 9.17) is 0 Å². The molecule has 0 radical (unpaired) electrons. The summed E-state index contributed by atoms with van der Waals surface area (Å²) in [6.45, 7) is -0.462. The Morgan fingerprint density at radius 2 is 1.55 bits per heavy atom. The molecule has 0 saturated carbocycles. The van der Waals surface area contributed by atoms with E-state index in [2.05, 4.69) is 5.32 Å². The van der Waals surface area contributed by atoms with Gasteiger partial charge in [-0.25, -0.2) is 8.70 Å². The lowest BCUT2D eigenvalue weighted by Crippen LogP contribution is -2.44. The van der Waals surface area contributed by atoms with Gasteiger partial charge in [0.05, 0.1) is 11.4 Å². The van der Waals surface area contributed by atoms with Gasteiger partial charge >= 0.3 is 10.2 Å². The van der Waals surface area contributed by atoms with Crippen LogP contribution in [0.1, 0.15) is 0 Å². The maximum atomic E-state index is 13.3. The Morgan fingerprint density at radius 1 is 0.935 bits per heavy atom. The van der Waals surface area contributed by atoms with Crippen LogP contribution in [0.2, 0.25) is 0 Å². The molecule has 0 bridgehead atoms. The van der Waals surface area contributed by atoms with Crippen molar-refractivity contribution in [2.24, 2.45) is 0 Å². The summed E-state index contributed by atoms with van der Waals surface area (Å²) in [6, 6.07) is 21.9. The van der Waals surface area contributed by atoms with Gasteiger partial charge in [-0.05, 0) is 48.5 Å². The van der Waals surface area contributed by atoms with E-state index in [1.807, 2.05) is 42.5 Å². The number of carbonyl (C=O) groups is 1. The maximum absolute atomic E-state index is 13.3. The molecule has 0 saturated heterocycles. The molecule has 9 heteroatoms. The Kier molecular flexibility index (Phi) is 7.32. The molecule has 0 aliphatic heterocycles. The fourth-order valence-corrected chi connectivity index (χ4v) is 4.69. The Balaban J connectivity index is 1.83. The number of halogens is 1. The summed E-state index contributed by atoms with van der Waals surface area (Å²) in [5.41, 5.74) is 0.764. The number of para-hydroxylation sites is 1. The van der Waals surface area contributed by atoms with Crippen molar-refractivity contribution >= 4 is 39.3 Å². The van der Waals surface area contributed by atoms with Gasteiger partial charge in [0.1, 0.15) is 12.4 Å². The van der Waals surface area contributed by atoms with Crippen LogP contribution in [0.5, 0.6) is 0 Å². The molecule has 6 nitrogen and oxygen atoms in total. The molecule has 0 atom stereocenters. The van der Waals surface area contributed by atoms with Crippen LogP contribution in [0.4, 0.5) is 15.8 Å². The molecular weight excluding hydrogens is 437 g/mol. The molecule has 3 aromatic rings. The van der Waals surface area contributed by atoms with Crippen LogP contribution < -0.4 is 9.62 Å². The number of rotatable bonds is 8. The summed E-state index contributed by atoms with van der Waals surface area (Å²) < 4.78 is 40.8. The van der Waals surface area contributed by atoms with E-state index in [9.17, 15) is 17.6 Å². The molecule has 0 aliphatic carbocycles. The minimum Gasteiger partial charge on any atom is -0.323 e. The molecule has 31 heavy (non-hydrogen) atoms. The third-order valence-electron chi connectivity index (χ3n) is 4.27. The number of nitrogens with zero attached hydrogens (tertiary/aromatic N) is 2. The van der Waals surface area contributed by atoms with Crippen LogP contribution in [0, 0.1) is 5.82 Å². The predicted octanol–water partition coefficient (Wildman–Crippen LogP) is 4.23. The second-order valence-corrected chi connectivity index (χ2v) is 9.91. The van der Waals surface area contributed by atoms with E-state index in [0.717, 1.165) is 30.5 Å². The van der Waals surface area contributed by atoms with Crippen LogP contribution >= 0.6 is 11.8 Å². The second kappa shape index (κ2) is 9.95. The standard InChI is InChI=1S/C22H22FN3O3S2/c1-25(2)31(28,29)26(18-14-12-17(23)13-15-18)16-22(27)24-20-10-6-7-11-21(20)30-19-8-4-3-5-9-19/h3-15H,16H2,1-2H3,(H,24,27). The average Bonchev–Trinajstić information content (AvgIpc) is 2.75. The highest BCUT2D eigenvalue weighted by Gasteiger charge is 2.27. The largest absolute Gasteiger partial charge is 0.323 e. The predicted molar refractivity (Wildman–Crippen MR) is 122 cm³/mol. The number of hydrogen-bond donors (Lipinski definition) is 1. The normalized spacial score (nSPS) is 11.4. The second-order valence-electron chi connectivity index (χ2n) is 6.73. The fourth-order valence-electron chi connectivity index (χ4n) is 2.71. The lowest BCUT2D eigenvalue weighted by molar-refractivity contribution is -0.114. The quantitative estimate of drug-likeness (QED) is 0.547. The zero-order chi connectivity index (χ0) is 22.4. The van der Waals surface area contributed by atoms with Crippen molar-refractivity contribution in [1.29, 1.82) is 0 Å². The molecule has 0 aromatic heterocycles. The Labute approximate surface area is 185 Å². The molecular formula is C22H22FN3O3S2. The number of anilines is 2. The van der Waals surface area contributed by atoms with Crippen LogP contribution in [0.25, 0.3) is 0 Å². The number of hydrogen-bond acceptors (Lipinski definition) is 4. The summed E-state index contributed by atoms with van der Waals surface area (Å²) in [5, 5.41) is 2.79. The van der Waals surface area contributed by atoms with E-state index >= 15 is 0 Å². The smallest absolute Gasteiger partial charge is 0.304 e. The van der Waals surface area contributed by atoms with Crippen molar-refractivity contribution in [1.82, 2.24) is 4.31 Å². The van der Waals surface area contributed by atoms with Gasteiger partial charge in [0.15, 0.2) is 0 Å². The summed E-state index contributed by atoms with van der Waals surface area (Å²) in [4.78, 5) is 14.6. The lowest BCUT2D eigenvalue weighted by Gasteiger charge is -2.27. The molecule has 1 N–H and O–H groups in total. The monoisotopic (exact) mass is 459 g/mol. The van der Waals surface area contributed by atoms with Crippen molar-refractivity contribution in [3.8, 4) is 0 Å². The van der Waals surface area contributed by atoms with E-state index in [0.29, 0.717) is 5.69 Å². The van der Waals surface area contributed by atoms with E-state index in [-0.39, 0.29) is 5.69 Å². The summed E-state index contributed by atoms with van der Waals surface area (Å²) in [7, 11) is -1.23. The van der Waals surface area contributed by atoms with Crippen LogP contribution in [-0.2, 0) is 15.0 Å². The number of benzene rings is 3. The highest BCUT2D eigenvalue weighted by molar-refractivity contribution is 7.99. The van der Waals surface area contributed by atoms with E-state index in [1.165, 1.54) is 38.0 Å². The summed E-state index contributed by atoms with van der Waals surface area (Å²) >= 11 is 1.49. The van der Waals surface area contributed by atoms with Crippen molar-refractivity contribution in [2.45, 2.75) is 9.79 Å². The topological polar surface area (TPSA) is 69.7 Å². The number of nitrogens with one attached hydrogen (secondary N) is 1. The lowest BCUT2D eigenvalue weighted by atomic mass is 10.3. The van der Waals surface area contributed by atoms with Gasteiger partial charge in [-0.15, -0.1) is 0 Å². The number of carbonyl (C=O) groups excluding carboxylic acids is 1. The minimum absolute atomic E-state index is 0.192. The van der Waals surface area contributed by atoms with E-state index in [1.54, 1.807) is 12.1 Å². The van der Waals surface area contributed by atoms with Crippen LogP contribution in [-0.4, -0.2) is 39.3 Å². The fraction of sp³-hybridized carbons (Fsp3) is 0.136. The summed E-state index contributed by atoms with van der Waals surface area (Å²) in [6.07, 6.45) is 0. The SMILES string of the molecule is CN(C)S(=O)(=O)N(CC(=O)Nc1ccccc1Sc1ccccc1)c1ccc(F)cc1. The first kappa shape index (κ1) is 22.8. The van der Waals surface area contributed by atoms with Crippen molar-refractivity contribution in [3.63, 3.8) is 0 Å². The summed E-state index contributed by atoms with van der Waals surface area (Å²) in [5.74, 6) is -1.02. The third kappa shape index (κ3) is 5.84. The zero-order valence-corrected chi connectivity index (χ0v) is 18.7. The molecule has 0 unspecified atom stereocenters. The van der Waals surface area contributed by atoms with Gasteiger partial charge in [0.2, 0.25) is 5.91 Å². The first-order chi connectivity index (χ1) is 14.8. The zero-order valence-electron chi connectivity index (χ0n) is 17.0. The van der Waals surface area contributed by atoms with Gasteiger partial charge in [-0.2, -0.15) is 12.7 Å². The van der Waals surface area contributed by atoms with Crippen LogP contribution in [0.15, 0.2) is 88.7 Å². The first-order valence-electron chi connectivity index (χ1n) is 9.35. The van der Waals surface area contributed by atoms with E-state index < -0.39 is 28.5 Å². The molecule has 162 valence electrons. The van der Waals surface area contributed by atoms with Gasteiger partial charge < -0.3 is 5.32 Å². The Hall–Kier alpha value is -2.88. The average molecular weight is 460 g/mol. The Bertz CT molecular complexity index is 1140. The molecule has 0 spiro atoms. The molecule has 0 heterocycles. The molecule has 3 aromatic carbocycles. The maximum Gasteiger partial charge on any atom is 0.304 e. The van der Waals surface area contributed by atoms with Gasteiger partial charge in [0.25, 0.3) is 0 Å². The first-order valence-corrected chi connectivity index (χ1v) is 11.6. The highest BCUT2D eigenvalue weighted by Crippen LogP contribution is 2.33. The minimum atomic E-state index is -3.97. The highest BCUT2D eigenvalue weighted by atomic mass is 32.2. The molecule has 0 fully saturated rings.